The van der Waals surface area contributed by atoms with E-state index in [4.69, 9.17) is 19.6 Å². The van der Waals surface area contributed by atoms with Crippen LogP contribution in [0, 0.1) is 5.82 Å². The van der Waals surface area contributed by atoms with Crippen molar-refractivity contribution >= 4 is 34.2 Å². The molecule has 2 heterocycles. The third-order valence-electron chi connectivity index (χ3n) is 7.93. The molecule has 0 radical (unpaired) electrons. The molecule has 3 N–H and O–H groups in total. The average Bonchev–Trinajstić information content (AvgIpc) is 3.09. The van der Waals surface area contributed by atoms with Crippen molar-refractivity contribution in [2.75, 3.05) is 75.3 Å². The highest BCUT2D eigenvalue weighted by Crippen LogP contribution is 2.37. The van der Waals surface area contributed by atoms with E-state index in [9.17, 15) is 18.8 Å². The number of carbonyl (C=O) groups is 2. The summed E-state index contributed by atoms with van der Waals surface area (Å²) in [6, 6.07) is 16.0. The lowest BCUT2D eigenvalue weighted by Gasteiger charge is -2.39. The number of halogens is 1. The van der Waals surface area contributed by atoms with Crippen LogP contribution in [0.5, 0.6) is 11.5 Å². The minimum absolute atomic E-state index is 0.139. The monoisotopic (exact) mass is 647 g/mol. The molecule has 0 bridgehead atoms. The van der Waals surface area contributed by atoms with E-state index in [-0.39, 0.29) is 31.2 Å². The number of aliphatic hydroxyl groups excluding tert-OH is 1. The zero-order valence-corrected chi connectivity index (χ0v) is 26.5. The van der Waals surface area contributed by atoms with Gasteiger partial charge in [-0.1, -0.05) is 12.1 Å². The number of methoxy groups -OCH3 is 2. The smallest absolute Gasteiger partial charge is 0.327 e. The van der Waals surface area contributed by atoms with Crippen LogP contribution in [0.1, 0.15) is 18.8 Å². The summed E-state index contributed by atoms with van der Waals surface area (Å²) in [7, 11) is 3.00. The number of para-hydroxylation sites is 1. The van der Waals surface area contributed by atoms with Crippen molar-refractivity contribution in [3.05, 3.63) is 88.7 Å². The van der Waals surface area contributed by atoms with E-state index in [0.717, 1.165) is 0 Å². The molecule has 3 aromatic carbocycles. The number of fused-ring (bicyclic) bond motifs is 1. The number of hydrogen-bond acceptors (Lipinski definition) is 9. The predicted molar refractivity (Wildman–Crippen MR) is 176 cm³/mol. The summed E-state index contributed by atoms with van der Waals surface area (Å²) in [6.07, 6.45) is 0. The van der Waals surface area contributed by atoms with Crippen LogP contribution in [0.15, 0.2) is 71.5 Å². The van der Waals surface area contributed by atoms with Crippen molar-refractivity contribution in [1.29, 1.82) is 0 Å². The van der Waals surface area contributed by atoms with E-state index in [0.29, 0.717) is 65.8 Å². The molecule has 0 aliphatic carbocycles. The maximum absolute atomic E-state index is 14.2. The van der Waals surface area contributed by atoms with Crippen LogP contribution >= 0.6 is 0 Å². The Morgan fingerprint density at radius 2 is 1.74 bits per heavy atom. The number of carbonyl (C=O) groups excluding carboxylic acids is 2. The highest BCUT2D eigenvalue weighted by Gasteiger charge is 2.32. The van der Waals surface area contributed by atoms with Gasteiger partial charge < -0.3 is 30.2 Å². The number of rotatable bonds is 11. The zero-order chi connectivity index (χ0) is 33.5. The van der Waals surface area contributed by atoms with Crippen LogP contribution in [0.25, 0.3) is 10.9 Å². The molecular weight excluding hydrogens is 609 g/mol. The van der Waals surface area contributed by atoms with E-state index in [1.165, 1.54) is 48.1 Å². The highest BCUT2D eigenvalue weighted by atomic mass is 19.1. The van der Waals surface area contributed by atoms with E-state index in [1.54, 1.807) is 49.4 Å². The molecule has 47 heavy (non-hydrogen) atoms. The molecule has 13 nitrogen and oxygen atoms in total. The second-order valence-electron chi connectivity index (χ2n) is 10.9. The number of nitrogens with one attached hydrogen (secondary N) is 2. The summed E-state index contributed by atoms with van der Waals surface area (Å²) < 4.78 is 26.2. The van der Waals surface area contributed by atoms with Gasteiger partial charge in [0.05, 0.1) is 50.0 Å². The molecule has 1 aliphatic heterocycles. The van der Waals surface area contributed by atoms with Gasteiger partial charge in [-0.25, -0.2) is 18.8 Å². The van der Waals surface area contributed by atoms with Gasteiger partial charge in [0.1, 0.15) is 17.3 Å². The average molecular weight is 648 g/mol. The van der Waals surface area contributed by atoms with Crippen LogP contribution in [0.2, 0.25) is 0 Å². The molecule has 1 saturated heterocycles. The SMILES string of the molecule is COc1ccc(N(C(=O)Nc2ccc(F)cc2)C(C)c2nc3ccccc3c(=O)n2N2CCN(CC(=O)NCCO)CC2)c(OC)c1. The zero-order valence-electron chi connectivity index (χ0n) is 26.5. The van der Waals surface area contributed by atoms with Crippen LogP contribution in [0.3, 0.4) is 0 Å². The molecule has 4 aromatic rings. The minimum atomic E-state index is -0.836. The van der Waals surface area contributed by atoms with Gasteiger partial charge in [0.2, 0.25) is 5.91 Å². The Morgan fingerprint density at radius 3 is 2.43 bits per heavy atom. The lowest BCUT2D eigenvalue weighted by Crippen LogP contribution is -2.57. The molecule has 248 valence electrons. The number of piperazine rings is 1. The van der Waals surface area contributed by atoms with Gasteiger partial charge >= 0.3 is 6.03 Å². The maximum Gasteiger partial charge on any atom is 0.327 e. The molecule has 1 aliphatic rings. The fourth-order valence-electron chi connectivity index (χ4n) is 5.54. The summed E-state index contributed by atoms with van der Waals surface area (Å²) in [5.74, 6) is 0.520. The van der Waals surface area contributed by atoms with Crippen LogP contribution in [-0.4, -0.2) is 91.7 Å². The number of aromatic nitrogens is 2. The number of anilines is 2. The highest BCUT2D eigenvalue weighted by molar-refractivity contribution is 6.03. The number of nitrogens with zero attached hydrogens (tertiary/aromatic N) is 5. The van der Waals surface area contributed by atoms with Crippen LogP contribution in [-0.2, 0) is 4.79 Å². The Labute approximate surface area is 271 Å². The molecular formula is C33H38FN7O6. The number of ether oxygens (including phenoxy) is 2. The van der Waals surface area contributed by atoms with Gasteiger partial charge in [-0.2, -0.15) is 0 Å². The Balaban J connectivity index is 1.56. The third kappa shape index (κ3) is 7.45. The molecule has 1 unspecified atom stereocenters. The van der Waals surface area contributed by atoms with Gasteiger partial charge in [0, 0.05) is 44.5 Å². The molecule has 3 amide bonds. The molecule has 14 heteroatoms. The fraction of sp³-hybridized carbons (Fsp3) is 0.333. The van der Waals surface area contributed by atoms with E-state index >= 15 is 0 Å². The summed E-state index contributed by atoms with van der Waals surface area (Å²) in [5.41, 5.74) is 0.916. The first-order valence-electron chi connectivity index (χ1n) is 15.2. The quantitative estimate of drug-likeness (QED) is 0.224. The first kappa shape index (κ1) is 33.2. The van der Waals surface area contributed by atoms with Gasteiger partial charge in [-0.05, 0) is 55.5 Å². The van der Waals surface area contributed by atoms with Crippen LogP contribution < -0.4 is 35.6 Å². The number of amides is 3. The summed E-state index contributed by atoms with van der Waals surface area (Å²) >= 11 is 0. The van der Waals surface area contributed by atoms with Crippen LogP contribution in [0.4, 0.5) is 20.6 Å². The number of benzene rings is 3. The first-order valence-corrected chi connectivity index (χ1v) is 15.2. The lowest BCUT2D eigenvalue weighted by atomic mass is 10.1. The second kappa shape index (κ2) is 14.9. The Kier molecular flexibility index (Phi) is 10.5. The molecule has 1 aromatic heterocycles. The number of aliphatic hydroxyl groups is 1. The van der Waals surface area contributed by atoms with Gasteiger partial charge in [-0.3, -0.25) is 19.4 Å². The topological polar surface area (TPSA) is 141 Å². The van der Waals surface area contributed by atoms with Gasteiger partial charge in [0.25, 0.3) is 5.56 Å². The Morgan fingerprint density at radius 1 is 1.02 bits per heavy atom. The van der Waals surface area contributed by atoms with Crippen molar-refractivity contribution in [2.24, 2.45) is 0 Å². The lowest BCUT2D eigenvalue weighted by molar-refractivity contribution is -0.122. The molecule has 5 rings (SSSR count). The van der Waals surface area contributed by atoms with Crippen molar-refractivity contribution in [1.82, 2.24) is 19.9 Å². The van der Waals surface area contributed by atoms with Crippen molar-refractivity contribution in [2.45, 2.75) is 13.0 Å². The molecule has 1 atom stereocenters. The molecule has 0 spiro atoms. The first-order chi connectivity index (χ1) is 22.7. The van der Waals surface area contributed by atoms with E-state index in [1.807, 2.05) is 9.91 Å². The number of hydrogen-bond donors (Lipinski definition) is 3. The predicted octanol–water partition coefficient (Wildman–Crippen LogP) is 2.71. The van der Waals surface area contributed by atoms with Gasteiger partial charge in [0.15, 0.2) is 5.82 Å². The second-order valence-corrected chi connectivity index (χ2v) is 10.9. The summed E-state index contributed by atoms with van der Waals surface area (Å²) in [6.45, 7) is 3.75. The third-order valence-corrected chi connectivity index (χ3v) is 7.93. The molecule has 0 saturated carbocycles. The summed E-state index contributed by atoms with van der Waals surface area (Å²) in [4.78, 5) is 48.9. The van der Waals surface area contributed by atoms with Crippen molar-refractivity contribution in [3.63, 3.8) is 0 Å². The standard InChI is InChI=1S/C33H38FN7O6/c1-22(40(28-13-12-25(46-2)20-29(28)47-3)33(45)36-24-10-8-23(34)9-11-24)31-37-27-7-5-4-6-26(27)32(44)41(31)39-17-15-38(16-18-39)21-30(43)35-14-19-42/h4-13,20,22,42H,14-19,21H2,1-3H3,(H,35,43)(H,36,45). The maximum atomic E-state index is 14.2. The van der Waals surface area contributed by atoms with E-state index < -0.39 is 17.9 Å². The minimum Gasteiger partial charge on any atom is -0.497 e. The fourth-order valence-corrected chi connectivity index (χ4v) is 5.54. The van der Waals surface area contributed by atoms with Crippen molar-refractivity contribution < 1.29 is 28.6 Å². The van der Waals surface area contributed by atoms with E-state index in [2.05, 4.69) is 10.6 Å². The van der Waals surface area contributed by atoms with Gasteiger partial charge in [-0.15, -0.1) is 0 Å². The Hall–Kier alpha value is -5.21. The summed E-state index contributed by atoms with van der Waals surface area (Å²) in [5, 5.41) is 16.8. The normalized spacial score (nSPS) is 14.0. The molecule has 1 fully saturated rings. The van der Waals surface area contributed by atoms with Crippen molar-refractivity contribution in [3.8, 4) is 11.5 Å². The Bertz CT molecular complexity index is 1780. The number of urea groups is 1. The largest absolute Gasteiger partial charge is 0.497 e.